The molecule has 0 aliphatic rings. The van der Waals surface area contributed by atoms with E-state index in [4.69, 9.17) is 5.11 Å². The van der Waals surface area contributed by atoms with Crippen LogP contribution in [0.15, 0.2) is 12.1 Å². The fraction of sp³-hybridized carbons (Fsp3) is 0.571. The number of carboxylic acids is 1. The molecular formula is C14H21NO3S. The standard InChI is InChI=1S/C14H21NO3S/c1-10(14(17)18)9-15(3)13(16)6-4-5-12-8-7-11(2)19-12/h7-8,10H,4-6,9H2,1-3H3,(H,17,18). The zero-order valence-corrected chi connectivity index (χ0v) is 12.5. The predicted octanol–water partition coefficient (Wildman–Crippen LogP) is 2.56. The first-order valence-corrected chi connectivity index (χ1v) is 7.24. The average Bonchev–Trinajstić information content (AvgIpc) is 2.74. The van der Waals surface area contributed by atoms with Crippen molar-refractivity contribution in [2.24, 2.45) is 5.92 Å². The average molecular weight is 283 g/mol. The van der Waals surface area contributed by atoms with Gasteiger partial charge < -0.3 is 10.0 Å². The number of hydrogen-bond donors (Lipinski definition) is 1. The molecule has 4 nitrogen and oxygen atoms in total. The maximum Gasteiger partial charge on any atom is 0.308 e. The molecule has 0 spiro atoms. The normalized spacial score (nSPS) is 12.2. The quantitative estimate of drug-likeness (QED) is 0.836. The summed E-state index contributed by atoms with van der Waals surface area (Å²) in [4.78, 5) is 26.7. The number of aliphatic carboxylic acids is 1. The van der Waals surface area contributed by atoms with Crippen LogP contribution in [0, 0.1) is 12.8 Å². The number of carbonyl (C=O) groups is 2. The van der Waals surface area contributed by atoms with Gasteiger partial charge in [0.25, 0.3) is 0 Å². The zero-order chi connectivity index (χ0) is 14.4. The van der Waals surface area contributed by atoms with E-state index >= 15 is 0 Å². The number of aryl methyl sites for hydroxylation is 2. The summed E-state index contributed by atoms with van der Waals surface area (Å²) < 4.78 is 0. The lowest BCUT2D eigenvalue weighted by Gasteiger charge is -2.19. The van der Waals surface area contributed by atoms with Crippen molar-refractivity contribution in [3.63, 3.8) is 0 Å². The van der Waals surface area contributed by atoms with Gasteiger partial charge in [-0.2, -0.15) is 0 Å². The van der Waals surface area contributed by atoms with Gasteiger partial charge in [0, 0.05) is 29.8 Å². The van der Waals surface area contributed by atoms with E-state index in [2.05, 4.69) is 19.1 Å². The molecule has 0 saturated heterocycles. The number of carboxylic acid groups (broad SMARTS) is 1. The SMILES string of the molecule is Cc1ccc(CCCC(=O)N(C)CC(C)C(=O)O)s1. The van der Waals surface area contributed by atoms with E-state index in [0.717, 1.165) is 12.8 Å². The molecule has 0 aliphatic carbocycles. The van der Waals surface area contributed by atoms with E-state index in [1.165, 1.54) is 14.7 Å². The van der Waals surface area contributed by atoms with Gasteiger partial charge in [-0.1, -0.05) is 6.92 Å². The summed E-state index contributed by atoms with van der Waals surface area (Å²) in [7, 11) is 1.66. The van der Waals surface area contributed by atoms with Crippen LogP contribution in [0.5, 0.6) is 0 Å². The maximum absolute atomic E-state index is 11.8. The Bertz CT molecular complexity index is 442. The van der Waals surface area contributed by atoms with Gasteiger partial charge in [-0.3, -0.25) is 9.59 Å². The smallest absolute Gasteiger partial charge is 0.308 e. The Balaban J connectivity index is 2.28. The molecule has 0 saturated carbocycles. The van der Waals surface area contributed by atoms with Crippen LogP contribution in [-0.4, -0.2) is 35.5 Å². The van der Waals surface area contributed by atoms with E-state index in [-0.39, 0.29) is 12.5 Å². The lowest BCUT2D eigenvalue weighted by atomic mass is 10.1. The van der Waals surface area contributed by atoms with E-state index < -0.39 is 11.9 Å². The Morgan fingerprint density at radius 2 is 2.11 bits per heavy atom. The van der Waals surface area contributed by atoms with E-state index in [1.807, 2.05) is 0 Å². The molecule has 0 aliphatic heterocycles. The lowest BCUT2D eigenvalue weighted by molar-refractivity contribution is -0.142. The second-order valence-electron chi connectivity index (χ2n) is 4.88. The topological polar surface area (TPSA) is 57.6 Å². The first-order valence-electron chi connectivity index (χ1n) is 6.42. The number of hydrogen-bond acceptors (Lipinski definition) is 3. The van der Waals surface area contributed by atoms with Crippen molar-refractivity contribution in [1.82, 2.24) is 4.90 Å². The van der Waals surface area contributed by atoms with Crippen molar-refractivity contribution in [2.45, 2.75) is 33.1 Å². The largest absolute Gasteiger partial charge is 0.481 e. The molecule has 1 N–H and O–H groups in total. The third-order valence-electron chi connectivity index (χ3n) is 3.00. The van der Waals surface area contributed by atoms with Gasteiger partial charge in [0.15, 0.2) is 0 Å². The van der Waals surface area contributed by atoms with E-state index in [1.54, 1.807) is 25.3 Å². The Morgan fingerprint density at radius 1 is 1.42 bits per heavy atom. The van der Waals surface area contributed by atoms with Gasteiger partial charge in [0.2, 0.25) is 5.91 Å². The van der Waals surface area contributed by atoms with Crippen molar-refractivity contribution in [1.29, 1.82) is 0 Å². The second kappa shape index (κ2) is 7.28. The van der Waals surface area contributed by atoms with Gasteiger partial charge >= 0.3 is 5.97 Å². The molecule has 1 aromatic heterocycles. The van der Waals surface area contributed by atoms with Crippen molar-refractivity contribution < 1.29 is 14.7 Å². The highest BCUT2D eigenvalue weighted by Crippen LogP contribution is 2.17. The van der Waals surface area contributed by atoms with Crippen LogP contribution < -0.4 is 0 Å². The summed E-state index contributed by atoms with van der Waals surface area (Å²) in [6.07, 6.45) is 2.19. The number of rotatable bonds is 7. The summed E-state index contributed by atoms with van der Waals surface area (Å²) in [6, 6.07) is 4.18. The van der Waals surface area contributed by atoms with Crippen molar-refractivity contribution in [3.05, 3.63) is 21.9 Å². The van der Waals surface area contributed by atoms with Crippen molar-refractivity contribution >= 4 is 23.2 Å². The third-order valence-corrected chi connectivity index (χ3v) is 4.07. The summed E-state index contributed by atoms with van der Waals surface area (Å²) in [5.41, 5.74) is 0. The Kier molecular flexibility index (Phi) is 6.02. The monoisotopic (exact) mass is 283 g/mol. The highest BCUT2D eigenvalue weighted by Gasteiger charge is 2.16. The van der Waals surface area contributed by atoms with Gasteiger partial charge in [-0.05, 0) is 31.9 Å². The third kappa shape index (κ3) is 5.42. The molecule has 1 amide bonds. The van der Waals surface area contributed by atoms with Crippen LogP contribution in [-0.2, 0) is 16.0 Å². The van der Waals surface area contributed by atoms with Gasteiger partial charge in [0.1, 0.15) is 0 Å². The van der Waals surface area contributed by atoms with Crippen LogP contribution in [0.3, 0.4) is 0 Å². The number of nitrogens with zero attached hydrogens (tertiary/aromatic N) is 1. The molecule has 106 valence electrons. The van der Waals surface area contributed by atoms with Crippen molar-refractivity contribution in [3.8, 4) is 0 Å². The highest BCUT2D eigenvalue weighted by atomic mass is 32.1. The van der Waals surface area contributed by atoms with Crippen LogP contribution in [0.4, 0.5) is 0 Å². The van der Waals surface area contributed by atoms with Crippen LogP contribution in [0.2, 0.25) is 0 Å². The first-order chi connectivity index (χ1) is 8.90. The molecule has 0 radical (unpaired) electrons. The summed E-state index contributed by atoms with van der Waals surface area (Å²) in [5, 5.41) is 8.80. The molecule has 1 aromatic rings. The second-order valence-corrected chi connectivity index (χ2v) is 6.25. The van der Waals surface area contributed by atoms with Crippen molar-refractivity contribution in [2.75, 3.05) is 13.6 Å². The molecule has 0 aromatic carbocycles. The molecule has 0 bridgehead atoms. The highest BCUT2D eigenvalue weighted by molar-refractivity contribution is 7.11. The summed E-state index contributed by atoms with van der Waals surface area (Å²) in [6.45, 7) is 3.95. The Hall–Kier alpha value is -1.36. The fourth-order valence-electron chi connectivity index (χ4n) is 1.81. The number of amides is 1. The van der Waals surface area contributed by atoms with Crippen LogP contribution in [0.25, 0.3) is 0 Å². The van der Waals surface area contributed by atoms with E-state index in [9.17, 15) is 9.59 Å². The Labute approximate surface area is 118 Å². The predicted molar refractivity (Wildman–Crippen MR) is 76.4 cm³/mol. The van der Waals surface area contributed by atoms with Gasteiger partial charge in [0.05, 0.1) is 5.92 Å². The molecule has 5 heteroatoms. The summed E-state index contributed by atoms with van der Waals surface area (Å²) >= 11 is 1.76. The lowest BCUT2D eigenvalue weighted by Crippen LogP contribution is -2.33. The Morgan fingerprint density at radius 3 is 2.63 bits per heavy atom. The zero-order valence-electron chi connectivity index (χ0n) is 11.7. The van der Waals surface area contributed by atoms with Crippen LogP contribution in [0.1, 0.15) is 29.5 Å². The molecule has 1 heterocycles. The molecule has 1 unspecified atom stereocenters. The van der Waals surface area contributed by atoms with Gasteiger partial charge in [-0.25, -0.2) is 0 Å². The molecular weight excluding hydrogens is 262 g/mol. The minimum Gasteiger partial charge on any atom is -0.481 e. The maximum atomic E-state index is 11.8. The van der Waals surface area contributed by atoms with Gasteiger partial charge in [-0.15, -0.1) is 11.3 Å². The molecule has 19 heavy (non-hydrogen) atoms. The fourth-order valence-corrected chi connectivity index (χ4v) is 2.75. The summed E-state index contributed by atoms with van der Waals surface area (Å²) in [5.74, 6) is -1.37. The molecule has 1 atom stereocenters. The minimum absolute atomic E-state index is 0.0152. The first kappa shape index (κ1) is 15.7. The minimum atomic E-state index is -0.867. The van der Waals surface area contributed by atoms with E-state index in [0.29, 0.717) is 6.42 Å². The number of thiophene rings is 1. The number of carbonyl (C=O) groups excluding carboxylic acids is 1. The van der Waals surface area contributed by atoms with Crippen LogP contribution >= 0.6 is 11.3 Å². The molecule has 0 fully saturated rings. The molecule has 1 rings (SSSR count).